The van der Waals surface area contributed by atoms with Gasteiger partial charge in [0.05, 0.1) is 0 Å². The van der Waals surface area contributed by atoms with E-state index in [1.165, 1.54) is 43.6 Å². The lowest BCUT2D eigenvalue weighted by Gasteiger charge is -2.03. The van der Waals surface area contributed by atoms with Gasteiger partial charge in [-0.25, -0.2) is 0 Å². The molecule has 0 radical (unpaired) electrons. The van der Waals surface area contributed by atoms with Crippen molar-refractivity contribution in [3.63, 3.8) is 0 Å². The minimum absolute atomic E-state index is 1.02. The monoisotopic (exact) mass is 222 g/mol. The molecule has 0 spiro atoms. The van der Waals surface area contributed by atoms with E-state index in [0.29, 0.717) is 0 Å². The SMILES string of the molecule is CC(C)=CCC/C(C)=C/CNCCN1CC1. The summed E-state index contributed by atoms with van der Waals surface area (Å²) in [5.41, 5.74) is 2.92. The summed E-state index contributed by atoms with van der Waals surface area (Å²) in [6.45, 7) is 12.5. The van der Waals surface area contributed by atoms with E-state index in [1.807, 2.05) is 0 Å². The summed E-state index contributed by atoms with van der Waals surface area (Å²) in [4.78, 5) is 2.44. The van der Waals surface area contributed by atoms with Crippen molar-refractivity contribution in [2.75, 3.05) is 32.7 Å². The zero-order valence-corrected chi connectivity index (χ0v) is 11.1. The molecule has 0 saturated carbocycles. The van der Waals surface area contributed by atoms with Crippen LogP contribution in [-0.2, 0) is 0 Å². The van der Waals surface area contributed by atoms with Gasteiger partial charge in [0.2, 0.25) is 0 Å². The molecule has 0 unspecified atom stereocenters. The van der Waals surface area contributed by atoms with Gasteiger partial charge in [-0.05, 0) is 33.6 Å². The molecule has 1 heterocycles. The second-order valence-corrected chi connectivity index (χ2v) is 4.92. The van der Waals surface area contributed by atoms with Crippen LogP contribution in [0.2, 0.25) is 0 Å². The molecule has 0 bridgehead atoms. The zero-order valence-electron chi connectivity index (χ0n) is 11.1. The Bertz CT molecular complexity index is 245. The van der Waals surface area contributed by atoms with Crippen LogP contribution in [0.5, 0.6) is 0 Å². The fraction of sp³-hybridized carbons (Fsp3) is 0.714. The number of nitrogens with one attached hydrogen (secondary N) is 1. The average molecular weight is 222 g/mol. The fourth-order valence-corrected chi connectivity index (χ4v) is 1.57. The summed E-state index contributed by atoms with van der Waals surface area (Å²) in [6.07, 6.45) is 7.00. The number of hydrogen-bond donors (Lipinski definition) is 1. The standard InChI is InChI=1S/C14H26N2/c1-13(2)5-4-6-14(3)7-8-15-9-10-16-11-12-16/h5,7,15H,4,6,8-12H2,1-3H3/b14-7+. The van der Waals surface area contributed by atoms with Crippen LogP contribution in [0.4, 0.5) is 0 Å². The molecular weight excluding hydrogens is 196 g/mol. The average Bonchev–Trinajstić information content (AvgIpc) is 3.00. The van der Waals surface area contributed by atoms with Gasteiger partial charge >= 0.3 is 0 Å². The van der Waals surface area contributed by atoms with Gasteiger partial charge in [0, 0.05) is 32.7 Å². The number of hydrogen-bond acceptors (Lipinski definition) is 2. The van der Waals surface area contributed by atoms with Gasteiger partial charge in [-0.1, -0.05) is 23.3 Å². The highest BCUT2D eigenvalue weighted by atomic mass is 15.3. The van der Waals surface area contributed by atoms with E-state index in [4.69, 9.17) is 0 Å². The molecule has 1 saturated heterocycles. The fourth-order valence-electron chi connectivity index (χ4n) is 1.57. The Kier molecular flexibility index (Phi) is 6.43. The Hall–Kier alpha value is -0.600. The molecule has 1 aliphatic heterocycles. The maximum Gasteiger partial charge on any atom is 0.0137 e. The summed E-state index contributed by atoms with van der Waals surface area (Å²) in [6, 6.07) is 0. The Morgan fingerprint density at radius 1 is 1.19 bits per heavy atom. The lowest BCUT2D eigenvalue weighted by Crippen LogP contribution is -2.22. The molecule has 2 heteroatoms. The predicted octanol–water partition coefficient (Wildman–Crippen LogP) is 2.58. The summed E-state index contributed by atoms with van der Waals surface area (Å²) >= 11 is 0. The van der Waals surface area contributed by atoms with Gasteiger partial charge in [-0.2, -0.15) is 0 Å². The molecule has 0 aliphatic carbocycles. The van der Waals surface area contributed by atoms with E-state index in [2.05, 4.69) is 43.1 Å². The molecule has 0 aromatic carbocycles. The third-order valence-electron chi connectivity index (χ3n) is 2.83. The minimum Gasteiger partial charge on any atom is -0.312 e. The van der Waals surface area contributed by atoms with Crippen molar-refractivity contribution in [1.29, 1.82) is 0 Å². The number of nitrogens with zero attached hydrogens (tertiary/aromatic N) is 1. The lowest BCUT2D eigenvalue weighted by atomic mass is 10.1. The van der Waals surface area contributed by atoms with Gasteiger partial charge < -0.3 is 5.32 Å². The Morgan fingerprint density at radius 2 is 1.94 bits per heavy atom. The van der Waals surface area contributed by atoms with Crippen molar-refractivity contribution in [1.82, 2.24) is 10.2 Å². The second-order valence-electron chi connectivity index (χ2n) is 4.92. The Labute approximate surface area is 100 Å². The molecule has 0 atom stereocenters. The van der Waals surface area contributed by atoms with Crippen LogP contribution in [0.3, 0.4) is 0 Å². The van der Waals surface area contributed by atoms with Crippen LogP contribution in [-0.4, -0.2) is 37.6 Å². The van der Waals surface area contributed by atoms with Crippen molar-refractivity contribution >= 4 is 0 Å². The van der Waals surface area contributed by atoms with Crippen LogP contribution in [0.15, 0.2) is 23.3 Å². The minimum atomic E-state index is 1.02. The predicted molar refractivity (Wildman–Crippen MR) is 71.7 cm³/mol. The van der Waals surface area contributed by atoms with Crippen LogP contribution >= 0.6 is 0 Å². The summed E-state index contributed by atoms with van der Waals surface area (Å²) in [5.74, 6) is 0. The van der Waals surface area contributed by atoms with Gasteiger partial charge in [0.15, 0.2) is 0 Å². The van der Waals surface area contributed by atoms with Crippen LogP contribution in [0.25, 0.3) is 0 Å². The van der Waals surface area contributed by atoms with Crippen molar-refractivity contribution in [3.05, 3.63) is 23.3 Å². The highest BCUT2D eigenvalue weighted by molar-refractivity contribution is 5.02. The first-order valence-corrected chi connectivity index (χ1v) is 6.40. The van der Waals surface area contributed by atoms with E-state index in [0.717, 1.165) is 13.1 Å². The first kappa shape index (κ1) is 13.5. The molecule has 1 rings (SSSR count). The number of rotatable bonds is 8. The molecule has 92 valence electrons. The largest absolute Gasteiger partial charge is 0.312 e. The molecule has 1 fully saturated rings. The summed E-state index contributed by atoms with van der Waals surface area (Å²) in [5, 5.41) is 3.45. The molecule has 0 amide bonds. The van der Waals surface area contributed by atoms with Crippen molar-refractivity contribution < 1.29 is 0 Å². The van der Waals surface area contributed by atoms with Gasteiger partial charge in [0.1, 0.15) is 0 Å². The van der Waals surface area contributed by atoms with Gasteiger partial charge in [-0.15, -0.1) is 0 Å². The van der Waals surface area contributed by atoms with E-state index < -0.39 is 0 Å². The highest BCUT2D eigenvalue weighted by Gasteiger charge is 2.14. The molecule has 16 heavy (non-hydrogen) atoms. The third kappa shape index (κ3) is 7.66. The van der Waals surface area contributed by atoms with Gasteiger partial charge in [-0.3, -0.25) is 4.90 Å². The molecule has 1 N–H and O–H groups in total. The molecular formula is C14H26N2. The van der Waals surface area contributed by atoms with E-state index in [1.54, 1.807) is 0 Å². The smallest absolute Gasteiger partial charge is 0.0137 e. The van der Waals surface area contributed by atoms with Crippen molar-refractivity contribution in [2.45, 2.75) is 33.6 Å². The first-order valence-electron chi connectivity index (χ1n) is 6.40. The maximum absolute atomic E-state index is 3.45. The highest BCUT2D eigenvalue weighted by Crippen LogP contribution is 2.05. The zero-order chi connectivity index (χ0) is 11.8. The Morgan fingerprint density at radius 3 is 2.56 bits per heavy atom. The van der Waals surface area contributed by atoms with Crippen LogP contribution in [0.1, 0.15) is 33.6 Å². The third-order valence-corrected chi connectivity index (χ3v) is 2.83. The summed E-state index contributed by atoms with van der Waals surface area (Å²) in [7, 11) is 0. The molecule has 2 nitrogen and oxygen atoms in total. The second kappa shape index (κ2) is 7.64. The normalized spacial score (nSPS) is 16.3. The molecule has 1 aliphatic rings. The quantitative estimate of drug-likeness (QED) is 0.386. The van der Waals surface area contributed by atoms with E-state index in [-0.39, 0.29) is 0 Å². The van der Waals surface area contributed by atoms with Crippen LogP contribution < -0.4 is 5.32 Å². The maximum atomic E-state index is 3.45. The Balaban J connectivity index is 1.96. The molecule has 0 aromatic heterocycles. The topological polar surface area (TPSA) is 15.0 Å². The van der Waals surface area contributed by atoms with Gasteiger partial charge in [0.25, 0.3) is 0 Å². The molecule has 0 aromatic rings. The van der Waals surface area contributed by atoms with E-state index >= 15 is 0 Å². The van der Waals surface area contributed by atoms with Crippen molar-refractivity contribution in [3.8, 4) is 0 Å². The summed E-state index contributed by atoms with van der Waals surface area (Å²) < 4.78 is 0. The van der Waals surface area contributed by atoms with Crippen molar-refractivity contribution in [2.24, 2.45) is 0 Å². The lowest BCUT2D eigenvalue weighted by molar-refractivity contribution is 0.533. The van der Waals surface area contributed by atoms with E-state index in [9.17, 15) is 0 Å². The van der Waals surface area contributed by atoms with Crippen LogP contribution in [0, 0.1) is 0 Å². The first-order chi connectivity index (χ1) is 7.68. The number of allylic oxidation sites excluding steroid dienone is 3.